The summed E-state index contributed by atoms with van der Waals surface area (Å²) in [6, 6.07) is 0. The van der Waals surface area contributed by atoms with Gasteiger partial charge in [-0.05, 0) is 18.8 Å². The third kappa shape index (κ3) is 5.10. The van der Waals surface area contributed by atoms with Crippen molar-refractivity contribution in [3.8, 4) is 0 Å². The molecule has 2 N–H and O–H groups in total. The van der Waals surface area contributed by atoms with Crippen LogP contribution in [0.1, 0.15) is 26.7 Å². The van der Waals surface area contributed by atoms with Crippen LogP contribution >= 0.6 is 0 Å². The van der Waals surface area contributed by atoms with Crippen LogP contribution in [-0.2, 0) is 0 Å². The Morgan fingerprint density at radius 2 is 1.54 bits per heavy atom. The van der Waals surface area contributed by atoms with E-state index in [0.717, 1.165) is 0 Å². The third-order valence-corrected chi connectivity index (χ3v) is 1.88. The minimum absolute atomic E-state index is 0.0294. The average molecular weight is 200 g/mol. The van der Waals surface area contributed by atoms with Crippen molar-refractivity contribution < 1.29 is 23.4 Å². The molecule has 0 rings (SSSR count). The maximum atomic E-state index is 11.8. The molecule has 0 radical (unpaired) electrons. The lowest BCUT2D eigenvalue weighted by Crippen LogP contribution is -2.30. The molecule has 0 aromatic rings. The Hall–Kier alpha value is -0.290. The summed E-state index contributed by atoms with van der Waals surface area (Å²) in [7, 11) is 0. The maximum Gasteiger partial charge on any atom is 0.414 e. The number of aliphatic hydroxyl groups is 2. The SMILES string of the molecule is CC(C)C(O)CCC(O)C(F)(F)F. The number of halogens is 3. The lowest BCUT2D eigenvalue weighted by atomic mass is 10.0. The summed E-state index contributed by atoms with van der Waals surface area (Å²) in [6.45, 7) is 3.43. The molecule has 2 nitrogen and oxygen atoms in total. The van der Waals surface area contributed by atoms with Gasteiger partial charge in [0.15, 0.2) is 0 Å². The second kappa shape index (κ2) is 4.81. The van der Waals surface area contributed by atoms with Crippen LogP contribution in [0, 0.1) is 5.92 Å². The Morgan fingerprint density at radius 1 is 1.08 bits per heavy atom. The van der Waals surface area contributed by atoms with Gasteiger partial charge in [0.05, 0.1) is 6.10 Å². The van der Waals surface area contributed by atoms with Gasteiger partial charge in [-0.2, -0.15) is 13.2 Å². The average Bonchev–Trinajstić information content (AvgIpc) is 1.97. The number of hydrogen-bond donors (Lipinski definition) is 2. The highest BCUT2D eigenvalue weighted by molar-refractivity contribution is 4.69. The summed E-state index contributed by atoms with van der Waals surface area (Å²) in [4.78, 5) is 0. The fourth-order valence-corrected chi connectivity index (χ4v) is 0.826. The van der Waals surface area contributed by atoms with Gasteiger partial charge in [-0.3, -0.25) is 0 Å². The monoisotopic (exact) mass is 200 g/mol. The quantitative estimate of drug-likeness (QED) is 0.725. The van der Waals surface area contributed by atoms with Crippen LogP contribution in [-0.4, -0.2) is 28.6 Å². The molecule has 0 aromatic heterocycles. The molecule has 0 spiro atoms. The first-order chi connectivity index (χ1) is 5.75. The molecule has 0 aliphatic rings. The highest BCUT2D eigenvalue weighted by Crippen LogP contribution is 2.24. The molecule has 80 valence electrons. The van der Waals surface area contributed by atoms with Gasteiger partial charge < -0.3 is 10.2 Å². The highest BCUT2D eigenvalue weighted by Gasteiger charge is 2.37. The molecule has 0 aliphatic carbocycles. The molecular weight excluding hydrogens is 185 g/mol. The van der Waals surface area contributed by atoms with Gasteiger partial charge in [-0.15, -0.1) is 0 Å². The molecule has 0 aromatic carbocycles. The van der Waals surface area contributed by atoms with E-state index in [4.69, 9.17) is 10.2 Å². The molecule has 0 saturated carbocycles. The molecule has 0 saturated heterocycles. The van der Waals surface area contributed by atoms with Gasteiger partial charge in [0.25, 0.3) is 0 Å². The van der Waals surface area contributed by atoms with E-state index in [-0.39, 0.29) is 12.3 Å². The lowest BCUT2D eigenvalue weighted by Gasteiger charge is -2.18. The van der Waals surface area contributed by atoms with E-state index >= 15 is 0 Å². The Labute approximate surface area is 75.4 Å². The van der Waals surface area contributed by atoms with Crippen molar-refractivity contribution >= 4 is 0 Å². The van der Waals surface area contributed by atoms with Gasteiger partial charge in [-0.25, -0.2) is 0 Å². The first kappa shape index (κ1) is 12.7. The highest BCUT2D eigenvalue weighted by atomic mass is 19.4. The minimum atomic E-state index is -4.57. The van der Waals surface area contributed by atoms with Crippen LogP contribution in [0.5, 0.6) is 0 Å². The molecule has 0 fully saturated rings. The van der Waals surface area contributed by atoms with Crippen molar-refractivity contribution in [2.75, 3.05) is 0 Å². The number of hydrogen-bond acceptors (Lipinski definition) is 2. The number of aliphatic hydroxyl groups excluding tert-OH is 2. The van der Waals surface area contributed by atoms with Crippen LogP contribution in [0.3, 0.4) is 0 Å². The normalized spacial score (nSPS) is 17.5. The Morgan fingerprint density at radius 3 is 1.85 bits per heavy atom. The van der Waals surface area contributed by atoms with E-state index in [0.29, 0.717) is 0 Å². The predicted molar refractivity (Wildman–Crippen MR) is 42.1 cm³/mol. The van der Waals surface area contributed by atoms with Crippen molar-refractivity contribution in [3.63, 3.8) is 0 Å². The Bertz CT molecular complexity index is 145. The van der Waals surface area contributed by atoms with E-state index in [9.17, 15) is 13.2 Å². The summed E-state index contributed by atoms with van der Waals surface area (Å²) in [6.07, 6.45) is -8.14. The van der Waals surface area contributed by atoms with Crippen LogP contribution in [0.15, 0.2) is 0 Å². The standard InChI is InChI=1S/C8H15F3O2/c1-5(2)6(12)3-4-7(13)8(9,10)11/h5-7,12-13H,3-4H2,1-2H3. The second-order valence-electron chi connectivity index (χ2n) is 3.45. The molecule has 13 heavy (non-hydrogen) atoms. The summed E-state index contributed by atoms with van der Waals surface area (Å²) in [5.41, 5.74) is 0. The first-order valence-electron chi connectivity index (χ1n) is 4.18. The van der Waals surface area contributed by atoms with Gasteiger partial charge in [0.1, 0.15) is 6.10 Å². The minimum Gasteiger partial charge on any atom is -0.393 e. The fourth-order valence-electron chi connectivity index (χ4n) is 0.826. The van der Waals surface area contributed by atoms with Crippen molar-refractivity contribution in [2.45, 2.75) is 45.1 Å². The molecule has 0 aliphatic heterocycles. The van der Waals surface area contributed by atoms with Gasteiger partial charge in [0.2, 0.25) is 0 Å². The molecule has 2 unspecified atom stereocenters. The van der Waals surface area contributed by atoms with Crippen LogP contribution in [0.25, 0.3) is 0 Å². The zero-order valence-electron chi connectivity index (χ0n) is 7.67. The maximum absolute atomic E-state index is 11.8. The summed E-state index contributed by atoms with van der Waals surface area (Å²) in [5, 5.41) is 17.7. The van der Waals surface area contributed by atoms with Crippen LogP contribution in [0.2, 0.25) is 0 Å². The lowest BCUT2D eigenvalue weighted by molar-refractivity contribution is -0.206. The fraction of sp³-hybridized carbons (Fsp3) is 1.00. The summed E-state index contributed by atoms with van der Waals surface area (Å²) < 4.78 is 35.3. The first-order valence-corrected chi connectivity index (χ1v) is 4.18. The largest absolute Gasteiger partial charge is 0.414 e. The topological polar surface area (TPSA) is 40.5 Å². The molecule has 2 atom stereocenters. The zero-order valence-corrected chi connectivity index (χ0v) is 7.67. The van der Waals surface area contributed by atoms with Crippen molar-refractivity contribution in [1.82, 2.24) is 0 Å². The summed E-state index contributed by atoms with van der Waals surface area (Å²) >= 11 is 0. The van der Waals surface area contributed by atoms with E-state index in [2.05, 4.69) is 0 Å². The predicted octanol–water partition coefficient (Wildman–Crippen LogP) is 1.71. The van der Waals surface area contributed by atoms with Crippen LogP contribution < -0.4 is 0 Å². The summed E-state index contributed by atoms with van der Waals surface area (Å²) in [5.74, 6) is -0.0829. The van der Waals surface area contributed by atoms with Crippen molar-refractivity contribution in [2.24, 2.45) is 5.92 Å². The van der Waals surface area contributed by atoms with Gasteiger partial charge in [-0.1, -0.05) is 13.8 Å². The molecule has 0 heterocycles. The van der Waals surface area contributed by atoms with E-state index < -0.39 is 24.8 Å². The van der Waals surface area contributed by atoms with Gasteiger partial charge in [0, 0.05) is 0 Å². The molecule has 0 amide bonds. The second-order valence-corrected chi connectivity index (χ2v) is 3.45. The van der Waals surface area contributed by atoms with Crippen molar-refractivity contribution in [1.29, 1.82) is 0 Å². The molecule has 5 heteroatoms. The van der Waals surface area contributed by atoms with Gasteiger partial charge >= 0.3 is 6.18 Å². The molecule has 0 bridgehead atoms. The third-order valence-electron chi connectivity index (χ3n) is 1.88. The van der Waals surface area contributed by atoms with E-state index in [1.165, 1.54) is 0 Å². The Kier molecular flexibility index (Phi) is 4.70. The number of alkyl halides is 3. The van der Waals surface area contributed by atoms with Crippen LogP contribution in [0.4, 0.5) is 13.2 Å². The smallest absolute Gasteiger partial charge is 0.393 e. The zero-order chi connectivity index (χ0) is 10.6. The Balaban J connectivity index is 3.77. The van der Waals surface area contributed by atoms with E-state index in [1.807, 2.05) is 0 Å². The van der Waals surface area contributed by atoms with E-state index in [1.54, 1.807) is 13.8 Å². The van der Waals surface area contributed by atoms with Crippen molar-refractivity contribution in [3.05, 3.63) is 0 Å². The number of rotatable bonds is 4. The molecular formula is C8H15F3O2.